The third-order valence-corrected chi connectivity index (χ3v) is 4.04. The number of hydrogen-bond donors (Lipinski definition) is 1. The lowest BCUT2D eigenvalue weighted by Gasteiger charge is -2.31. The van der Waals surface area contributed by atoms with Crippen molar-refractivity contribution in [3.63, 3.8) is 0 Å². The summed E-state index contributed by atoms with van der Waals surface area (Å²) in [6.07, 6.45) is -0.598. The smallest absolute Gasteiger partial charge is 0.155 e. The van der Waals surface area contributed by atoms with Gasteiger partial charge in [-0.25, -0.2) is 4.39 Å². The summed E-state index contributed by atoms with van der Waals surface area (Å²) in [6.45, 7) is 1.64. The first-order valence-electron chi connectivity index (χ1n) is 6.63. The van der Waals surface area contributed by atoms with Crippen LogP contribution in [0.3, 0.4) is 0 Å². The van der Waals surface area contributed by atoms with Crippen LogP contribution in [0.2, 0.25) is 5.02 Å². The Morgan fingerprint density at radius 3 is 2.55 bits per heavy atom. The van der Waals surface area contributed by atoms with Crippen molar-refractivity contribution in [1.82, 2.24) is 0 Å². The Hall–Kier alpha value is -1.29. The zero-order valence-corrected chi connectivity index (χ0v) is 13.8. The van der Waals surface area contributed by atoms with E-state index in [0.29, 0.717) is 21.9 Å². The number of hydrogen-bond acceptors (Lipinski definition) is 2. The van der Waals surface area contributed by atoms with Gasteiger partial charge in [-0.3, -0.25) is 4.99 Å². The van der Waals surface area contributed by atoms with Crippen molar-refractivity contribution in [1.29, 1.82) is 0 Å². The van der Waals surface area contributed by atoms with Crippen LogP contribution in [-0.4, -0.2) is 16.2 Å². The second kappa shape index (κ2) is 5.73. The largest absolute Gasteiger partial charge is 0.361 e. The summed E-state index contributed by atoms with van der Waals surface area (Å²) in [4.78, 5) is 4.51. The molecule has 1 unspecified atom stereocenters. The van der Waals surface area contributed by atoms with Gasteiger partial charge in [0.1, 0.15) is 5.82 Å². The van der Waals surface area contributed by atoms with E-state index in [9.17, 15) is 4.39 Å². The number of nitrogens with zero attached hydrogens (tertiary/aromatic N) is 1. The molecule has 0 aliphatic carbocycles. The fraction of sp³-hybridized carbons (Fsp3) is 0.188. The molecule has 0 fully saturated rings. The first-order valence-corrected chi connectivity index (χ1v) is 7.76. The lowest BCUT2D eigenvalue weighted by Crippen LogP contribution is -2.38. The molecule has 1 atom stereocenters. The monoisotopic (exact) mass is 356 g/mol. The van der Waals surface area contributed by atoms with Gasteiger partial charge in [-0.05, 0) is 37.3 Å². The Morgan fingerprint density at radius 1 is 1.14 bits per heavy atom. The zero-order valence-electron chi connectivity index (χ0n) is 11.6. The Morgan fingerprint density at radius 2 is 1.86 bits per heavy atom. The van der Waals surface area contributed by atoms with Crippen molar-refractivity contribution >= 4 is 46.2 Å². The Labute approximate surface area is 142 Å². The van der Waals surface area contributed by atoms with E-state index >= 15 is 0 Å². The number of alkyl halides is 2. The maximum absolute atomic E-state index is 14.2. The van der Waals surface area contributed by atoms with Crippen LogP contribution in [0.25, 0.3) is 0 Å². The minimum absolute atomic E-state index is 0.362. The number of nitrogens with one attached hydrogen (secondary N) is 1. The third-order valence-electron chi connectivity index (χ3n) is 3.40. The van der Waals surface area contributed by atoms with E-state index in [0.717, 1.165) is 5.69 Å². The molecule has 2 nitrogen and oxygen atoms in total. The quantitative estimate of drug-likeness (QED) is 0.728. The van der Waals surface area contributed by atoms with Gasteiger partial charge in [0.15, 0.2) is 10.5 Å². The van der Waals surface area contributed by atoms with Crippen molar-refractivity contribution in [2.45, 2.75) is 17.4 Å². The van der Waals surface area contributed by atoms with E-state index in [1.165, 1.54) is 6.07 Å². The van der Waals surface area contributed by atoms with Crippen LogP contribution in [0.4, 0.5) is 10.1 Å². The zero-order chi connectivity index (χ0) is 15.9. The highest BCUT2D eigenvalue weighted by atomic mass is 35.5. The molecule has 1 aliphatic rings. The number of anilines is 1. The number of aliphatic imine (C=N–C) groups is 1. The van der Waals surface area contributed by atoms with Crippen molar-refractivity contribution in [2.75, 3.05) is 5.32 Å². The van der Waals surface area contributed by atoms with E-state index < -0.39 is 10.5 Å². The summed E-state index contributed by atoms with van der Waals surface area (Å²) in [5, 5.41) is 3.69. The molecule has 1 heterocycles. The van der Waals surface area contributed by atoms with E-state index in [1.807, 2.05) is 0 Å². The van der Waals surface area contributed by atoms with E-state index in [-0.39, 0.29) is 5.82 Å². The molecule has 0 amide bonds. The molecule has 0 radical (unpaired) electrons. The molecule has 2 aromatic rings. The van der Waals surface area contributed by atoms with Gasteiger partial charge < -0.3 is 5.32 Å². The number of rotatable bonds is 2. The van der Waals surface area contributed by atoms with Crippen molar-refractivity contribution in [3.8, 4) is 0 Å². The first-order chi connectivity index (χ1) is 10.4. The summed E-state index contributed by atoms with van der Waals surface area (Å²) >= 11 is 18.4. The van der Waals surface area contributed by atoms with Gasteiger partial charge in [0.25, 0.3) is 0 Å². The Balaban J connectivity index is 2.21. The van der Waals surface area contributed by atoms with Gasteiger partial charge in [0, 0.05) is 21.8 Å². The van der Waals surface area contributed by atoms with Crippen LogP contribution in [0, 0.1) is 5.82 Å². The van der Waals surface area contributed by atoms with E-state index in [2.05, 4.69) is 10.3 Å². The topological polar surface area (TPSA) is 24.4 Å². The predicted octanol–water partition coefficient (Wildman–Crippen LogP) is 5.26. The molecule has 0 bridgehead atoms. The first kappa shape index (κ1) is 15.6. The molecule has 0 spiro atoms. The van der Waals surface area contributed by atoms with Crippen LogP contribution in [0.5, 0.6) is 0 Å². The fourth-order valence-corrected chi connectivity index (χ4v) is 2.70. The van der Waals surface area contributed by atoms with Crippen LogP contribution in [0.1, 0.15) is 18.1 Å². The van der Waals surface area contributed by atoms with Crippen molar-refractivity contribution in [2.24, 2.45) is 4.99 Å². The maximum atomic E-state index is 14.2. The van der Waals surface area contributed by atoms with Crippen LogP contribution < -0.4 is 5.32 Å². The molecule has 114 valence electrons. The van der Waals surface area contributed by atoms with Crippen molar-refractivity contribution in [3.05, 3.63) is 64.4 Å². The average molecular weight is 358 g/mol. The molecule has 2 aromatic carbocycles. The lowest BCUT2D eigenvalue weighted by molar-refractivity contribution is 0.623. The van der Waals surface area contributed by atoms with Crippen LogP contribution in [-0.2, 0) is 0 Å². The molecule has 22 heavy (non-hydrogen) atoms. The van der Waals surface area contributed by atoms with Gasteiger partial charge in [0.2, 0.25) is 0 Å². The summed E-state index contributed by atoms with van der Waals surface area (Å²) in [6, 6.07) is 11.7. The molecule has 0 saturated heterocycles. The third kappa shape index (κ3) is 2.94. The van der Waals surface area contributed by atoms with E-state index in [4.69, 9.17) is 34.8 Å². The van der Waals surface area contributed by atoms with Gasteiger partial charge >= 0.3 is 0 Å². The second-order valence-corrected chi connectivity index (χ2v) is 7.35. The van der Waals surface area contributed by atoms with Crippen LogP contribution >= 0.6 is 34.8 Å². The normalized spacial score (nSPS) is 17.5. The molecule has 0 aromatic heterocycles. The fourth-order valence-electron chi connectivity index (χ4n) is 2.32. The summed E-state index contributed by atoms with van der Waals surface area (Å²) in [5.41, 5.74) is 2.34. The van der Waals surface area contributed by atoms with E-state index in [1.54, 1.807) is 43.3 Å². The summed E-state index contributed by atoms with van der Waals surface area (Å²) < 4.78 is 13.0. The minimum atomic E-state index is -1.15. The average Bonchev–Trinajstić information content (AvgIpc) is 2.46. The number of fused-ring (bicyclic) bond motifs is 1. The minimum Gasteiger partial charge on any atom is -0.361 e. The molecular weight excluding hydrogens is 346 g/mol. The second-order valence-electron chi connectivity index (χ2n) is 5.15. The van der Waals surface area contributed by atoms with Gasteiger partial charge in [0.05, 0.1) is 5.71 Å². The molecular formula is C16H12Cl3FN2. The number of benzene rings is 2. The van der Waals surface area contributed by atoms with Gasteiger partial charge in [-0.1, -0.05) is 46.9 Å². The highest BCUT2D eigenvalue weighted by molar-refractivity contribution is 6.49. The van der Waals surface area contributed by atoms with Gasteiger partial charge in [-0.15, -0.1) is 0 Å². The molecule has 3 rings (SSSR count). The molecule has 1 N–H and O–H groups in total. The van der Waals surface area contributed by atoms with Gasteiger partial charge in [-0.2, -0.15) is 0 Å². The molecule has 0 saturated carbocycles. The standard InChI is InChI=1S/C16H12Cl3FN2/c1-16(18,19)15-21-13-7-6-9(17)8-11(13)14(22-15)10-4-2-3-5-12(10)20/h2-8,15,21H,1H3. The predicted molar refractivity (Wildman–Crippen MR) is 91.0 cm³/mol. The Bertz CT molecular complexity index is 753. The summed E-state index contributed by atoms with van der Waals surface area (Å²) in [7, 11) is 0. The summed E-state index contributed by atoms with van der Waals surface area (Å²) in [5.74, 6) is -0.362. The Kier molecular flexibility index (Phi) is 4.06. The maximum Gasteiger partial charge on any atom is 0.155 e. The lowest BCUT2D eigenvalue weighted by atomic mass is 9.98. The SMILES string of the molecule is CC(Cl)(Cl)C1N=C(c2ccccc2F)c2cc(Cl)ccc2N1. The van der Waals surface area contributed by atoms with Crippen molar-refractivity contribution < 1.29 is 4.39 Å². The molecule has 1 aliphatic heterocycles. The highest BCUT2D eigenvalue weighted by Crippen LogP contribution is 2.35. The molecule has 6 heteroatoms. The number of halogens is 4. The van der Waals surface area contributed by atoms with Crippen LogP contribution in [0.15, 0.2) is 47.5 Å². The highest BCUT2D eigenvalue weighted by Gasteiger charge is 2.34.